The van der Waals surface area contributed by atoms with Gasteiger partial charge in [-0.1, -0.05) is 35.9 Å². The van der Waals surface area contributed by atoms with Gasteiger partial charge in [-0.3, -0.25) is 4.31 Å². The maximum Gasteiger partial charge on any atom is 0.265 e. The van der Waals surface area contributed by atoms with Crippen molar-refractivity contribution in [2.24, 2.45) is 0 Å². The van der Waals surface area contributed by atoms with Crippen LogP contribution >= 0.6 is 0 Å². The fourth-order valence-corrected chi connectivity index (χ4v) is 4.74. The van der Waals surface area contributed by atoms with Gasteiger partial charge < -0.3 is 10.1 Å². The van der Waals surface area contributed by atoms with Gasteiger partial charge in [-0.05, 0) is 51.1 Å². The summed E-state index contributed by atoms with van der Waals surface area (Å²) in [6.45, 7) is 6.18. The molecule has 30 heavy (non-hydrogen) atoms. The van der Waals surface area contributed by atoms with Gasteiger partial charge in [0, 0.05) is 18.3 Å². The first-order valence-corrected chi connectivity index (χ1v) is 11.3. The summed E-state index contributed by atoms with van der Waals surface area (Å²) in [5.41, 5.74) is 2.77. The second-order valence-corrected chi connectivity index (χ2v) is 8.86. The molecule has 1 N–H and O–H groups in total. The van der Waals surface area contributed by atoms with Gasteiger partial charge in [0.1, 0.15) is 16.5 Å². The third-order valence-corrected chi connectivity index (χ3v) is 6.76. The van der Waals surface area contributed by atoms with Crippen LogP contribution in [0.3, 0.4) is 0 Å². The minimum absolute atomic E-state index is 0.0636. The highest BCUT2D eigenvalue weighted by Gasteiger charge is 2.24. The number of para-hydroxylation sites is 1. The second kappa shape index (κ2) is 9.17. The maximum atomic E-state index is 13.1. The van der Waals surface area contributed by atoms with E-state index in [-0.39, 0.29) is 10.9 Å². The predicted octanol–water partition coefficient (Wildman–Crippen LogP) is 4.79. The molecule has 0 unspecified atom stereocenters. The Bertz CT molecular complexity index is 1080. The van der Waals surface area contributed by atoms with Crippen LogP contribution in [0.25, 0.3) is 0 Å². The van der Waals surface area contributed by atoms with Gasteiger partial charge in [0.15, 0.2) is 0 Å². The molecule has 0 saturated heterocycles. The van der Waals surface area contributed by atoms with Crippen LogP contribution in [0.4, 0.5) is 11.5 Å². The number of hydrogen-bond donors (Lipinski definition) is 1. The minimum atomic E-state index is -3.69. The van der Waals surface area contributed by atoms with Crippen LogP contribution < -0.4 is 14.4 Å². The maximum absolute atomic E-state index is 13.1. The van der Waals surface area contributed by atoms with Crippen LogP contribution in [0.5, 0.6) is 5.75 Å². The topological polar surface area (TPSA) is 71.5 Å². The Labute approximate surface area is 178 Å². The fraction of sp³-hybridized carbons (Fsp3) is 0.261. The lowest BCUT2D eigenvalue weighted by Gasteiger charge is -2.23. The Morgan fingerprint density at radius 1 is 1.10 bits per heavy atom. The first kappa shape index (κ1) is 21.6. The summed E-state index contributed by atoms with van der Waals surface area (Å²) in [5.74, 6) is 1.38. The van der Waals surface area contributed by atoms with Crippen molar-refractivity contribution in [3.63, 3.8) is 0 Å². The third-order valence-electron chi connectivity index (χ3n) is 4.87. The smallest absolute Gasteiger partial charge is 0.265 e. The molecule has 2 aromatic carbocycles. The lowest BCUT2D eigenvalue weighted by atomic mass is 10.0. The second-order valence-electron chi connectivity index (χ2n) is 7.00. The molecule has 0 aliphatic carbocycles. The van der Waals surface area contributed by atoms with Crippen molar-refractivity contribution in [3.05, 3.63) is 78.0 Å². The molecule has 7 heteroatoms. The van der Waals surface area contributed by atoms with Crippen LogP contribution in [0.15, 0.2) is 71.8 Å². The molecule has 6 nitrogen and oxygen atoms in total. The van der Waals surface area contributed by atoms with Crippen molar-refractivity contribution in [3.8, 4) is 5.75 Å². The van der Waals surface area contributed by atoms with Gasteiger partial charge in [0.25, 0.3) is 10.0 Å². The van der Waals surface area contributed by atoms with Gasteiger partial charge in [0.05, 0.1) is 18.8 Å². The van der Waals surface area contributed by atoms with Crippen LogP contribution in [-0.4, -0.2) is 27.1 Å². The van der Waals surface area contributed by atoms with Gasteiger partial charge in [-0.2, -0.15) is 0 Å². The summed E-state index contributed by atoms with van der Waals surface area (Å²) in [7, 11) is -2.05. The molecule has 0 spiro atoms. The molecular formula is C23H27N3O3S. The fourth-order valence-electron chi connectivity index (χ4n) is 3.32. The van der Waals surface area contributed by atoms with Crippen LogP contribution in [0.1, 0.15) is 31.0 Å². The molecule has 3 aromatic rings. The minimum Gasteiger partial charge on any atom is -0.496 e. The number of nitrogens with one attached hydrogen (secondary N) is 1. The number of ether oxygens (including phenoxy) is 1. The van der Waals surface area contributed by atoms with Gasteiger partial charge in [-0.15, -0.1) is 0 Å². The van der Waals surface area contributed by atoms with Crippen molar-refractivity contribution in [1.82, 2.24) is 4.98 Å². The zero-order valence-corrected chi connectivity index (χ0v) is 18.5. The first-order valence-electron chi connectivity index (χ1n) is 9.81. The SMILES string of the molecule is CCN(c1ccccc1)S(=O)(=O)c1ccc(N[C@H](C)c2cc(C)ccc2OC)nc1. The highest BCUT2D eigenvalue weighted by atomic mass is 32.2. The van der Waals surface area contributed by atoms with Crippen LogP contribution in [0.2, 0.25) is 0 Å². The Morgan fingerprint density at radius 3 is 2.43 bits per heavy atom. The van der Waals surface area contributed by atoms with E-state index in [0.29, 0.717) is 18.1 Å². The van der Waals surface area contributed by atoms with E-state index in [1.165, 1.54) is 10.5 Å². The summed E-state index contributed by atoms with van der Waals surface area (Å²) >= 11 is 0. The van der Waals surface area contributed by atoms with E-state index in [2.05, 4.69) is 16.4 Å². The van der Waals surface area contributed by atoms with E-state index in [9.17, 15) is 8.42 Å². The average Bonchev–Trinajstić information content (AvgIpc) is 2.75. The zero-order valence-electron chi connectivity index (χ0n) is 17.7. The lowest BCUT2D eigenvalue weighted by molar-refractivity contribution is 0.408. The molecule has 0 fully saturated rings. The standard InChI is InChI=1S/C23H27N3O3S/c1-5-26(19-9-7-6-8-10-19)30(27,28)20-12-14-23(24-16-20)25-18(3)21-15-17(2)11-13-22(21)29-4/h6-16,18H,5H2,1-4H3,(H,24,25)/t18-/m1/s1. The van der Waals surface area contributed by atoms with E-state index in [1.54, 1.807) is 31.4 Å². The molecule has 158 valence electrons. The number of rotatable bonds is 8. The van der Waals surface area contributed by atoms with E-state index >= 15 is 0 Å². The molecule has 0 aliphatic heterocycles. The van der Waals surface area contributed by atoms with Gasteiger partial charge in [-0.25, -0.2) is 13.4 Å². The van der Waals surface area contributed by atoms with Gasteiger partial charge >= 0.3 is 0 Å². The normalized spacial score (nSPS) is 12.3. The Morgan fingerprint density at radius 2 is 1.83 bits per heavy atom. The summed E-state index contributed by atoms with van der Waals surface area (Å²) in [6.07, 6.45) is 1.39. The largest absolute Gasteiger partial charge is 0.496 e. The number of nitrogens with zero attached hydrogens (tertiary/aromatic N) is 2. The number of methoxy groups -OCH3 is 1. The summed E-state index contributed by atoms with van der Waals surface area (Å²) in [4.78, 5) is 4.49. The summed E-state index contributed by atoms with van der Waals surface area (Å²) < 4.78 is 33.0. The first-order chi connectivity index (χ1) is 14.4. The Balaban J connectivity index is 1.82. The number of hydrogen-bond acceptors (Lipinski definition) is 5. The van der Waals surface area contributed by atoms with Crippen molar-refractivity contribution in [1.29, 1.82) is 0 Å². The molecule has 0 amide bonds. The molecule has 1 heterocycles. The van der Waals surface area contributed by atoms with Crippen LogP contribution in [-0.2, 0) is 10.0 Å². The molecule has 1 atom stereocenters. The quantitative estimate of drug-likeness (QED) is 0.562. The van der Waals surface area contributed by atoms with Gasteiger partial charge in [0.2, 0.25) is 0 Å². The average molecular weight is 426 g/mol. The molecule has 0 bridgehead atoms. The number of aromatic nitrogens is 1. The van der Waals surface area contributed by atoms with Crippen LogP contribution in [0, 0.1) is 6.92 Å². The number of sulfonamides is 1. The molecule has 0 radical (unpaired) electrons. The van der Waals surface area contributed by atoms with E-state index in [4.69, 9.17) is 4.74 Å². The molecule has 1 aromatic heterocycles. The van der Waals surface area contributed by atoms with E-state index < -0.39 is 10.0 Å². The predicted molar refractivity (Wildman–Crippen MR) is 121 cm³/mol. The monoisotopic (exact) mass is 425 g/mol. The molecule has 0 aliphatic rings. The number of benzene rings is 2. The highest BCUT2D eigenvalue weighted by molar-refractivity contribution is 7.92. The Hall–Kier alpha value is -3.06. The van der Waals surface area contributed by atoms with Crippen molar-refractivity contribution >= 4 is 21.5 Å². The molecular weight excluding hydrogens is 398 g/mol. The molecule has 3 rings (SSSR count). The van der Waals surface area contributed by atoms with Crippen molar-refractivity contribution in [2.75, 3.05) is 23.3 Å². The van der Waals surface area contributed by atoms with Crippen molar-refractivity contribution < 1.29 is 13.2 Å². The van der Waals surface area contributed by atoms with E-state index in [1.807, 2.05) is 51.1 Å². The number of pyridine rings is 1. The summed E-state index contributed by atoms with van der Waals surface area (Å²) in [5, 5.41) is 3.31. The third kappa shape index (κ3) is 4.57. The molecule has 0 saturated carbocycles. The Kier molecular flexibility index (Phi) is 6.62. The summed E-state index contributed by atoms with van der Waals surface area (Å²) in [6, 6.07) is 18.3. The number of aryl methyl sites for hydroxylation is 1. The highest BCUT2D eigenvalue weighted by Crippen LogP contribution is 2.29. The number of anilines is 2. The lowest BCUT2D eigenvalue weighted by Crippen LogP contribution is -2.30. The zero-order chi connectivity index (χ0) is 21.7. The van der Waals surface area contributed by atoms with E-state index in [0.717, 1.165) is 16.9 Å². The van der Waals surface area contributed by atoms with Crippen molar-refractivity contribution in [2.45, 2.75) is 31.7 Å².